The molecule has 26 heavy (non-hydrogen) atoms. The minimum atomic E-state index is -0.299. The molecule has 0 bridgehead atoms. The number of anilines is 1. The van der Waals surface area contributed by atoms with Crippen molar-refractivity contribution in [2.75, 3.05) is 18.0 Å². The lowest BCUT2D eigenvalue weighted by Gasteiger charge is -2.26. The minimum Gasteiger partial charge on any atom is -0.367 e. The molecule has 2 saturated carbocycles. The summed E-state index contributed by atoms with van der Waals surface area (Å²) >= 11 is 6.30. The fraction of sp³-hybridized carbons (Fsp3) is 0.526. The zero-order valence-corrected chi connectivity index (χ0v) is 15.4. The lowest BCUT2D eigenvalue weighted by Crippen LogP contribution is -2.34. The molecule has 3 aliphatic rings. The summed E-state index contributed by atoms with van der Waals surface area (Å²) in [5, 5.41) is 0.761. The van der Waals surface area contributed by atoms with Crippen LogP contribution >= 0.6 is 11.6 Å². The zero-order valence-electron chi connectivity index (χ0n) is 14.7. The number of aryl methyl sites for hydroxylation is 1. The van der Waals surface area contributed by atoms with Gasteiger partial charge in [-0.1, -0.05) is 11.6 Å². The van der Waals surface area contributed by atoms with Crippen molar-refractivity contribution in [3.63, 3.8) is 0 Å². The van der Waals surface area contributed by atoms with Crippen LogP contribution in [0.3, 0.4) is 0 Å². The van der Waals surface area contributed by atoms with Gasteiger partial charge in [0.25, 0.3) is 5.56 Å². The van der Waals surface area contributed by atoms with E-state index in [1.807, 2.05) is 11.8 Å². The Morgan fingerprint density at radius 1 is 1.42 bits per heavy atom. The first-order valence-corrected chi connectivity index (χ1v) is 9.53. The van der Waals surface area contributed by atoms with E-state index in [1.54, 1.807) is 4.57 Å². The topological polar surface area (TPSA) is 77.3 Å². The minimum absolute atomic E-state index is 0.103. The van der Waals surface area contributed by atoms with E-state index in [4.69, 9.17) is 23.1 Å². The van der Waals surface area contributed by atoms with E-state index in [0.29, 0.717) is 29.1 Å². The van der Waals surface area contributed by atoms with Gasteiger partial charge in [0.15, 0.2) is 0 Å². The van der Waals surface area contributed by atoms with Gasteiger partial charge in [0, 0.05) is 36.6 Å². The Balaban J connectivity index is 1.80. The van der Waals surface area contributed by atoms with Crippen LogP contribution in [0.15, 0.2) is 10.9 Å². The number of piperidine rings is 1. The number of aromatic nitrogens is 1. The normalized spacial score (nSPS) is 27.3. The first-order valence-electron chi connectivity index (χ1n) is 9.15. The third-order valence-corrected chi connectivity index (χ3v) is 6.73. The standard InChI is InChI=1S/C19H22ClFN4O/c1-9-16-12(13(6-22)15(20)18(26)25(16)11-2-3-11)4-14(21)17(9)24-7-10-5-19(10,23)8-24/h4,10-11H,2-3,5-8,22-23H2,1H3. The predicted molar refractivity (Wildman–Crippen MR) is 101 cm³/mol. The average Bonchev–Trinajstić information content (AvgIpc) is 3.48. The summed E-state index contributed by atoms with van der Waals surface area (Å²) in [6.45, 7) is 3.42. The Hall–Kier alpha value is -1.63. The monoisotopic (exact) mass is 376 g/mol. The Morgan fingerprint density at radius 3 is 2.73 bits per heavy atom. The zero-order chi connectivity index (χ0) is 18.4. The number of hydrogen-bond acceptors (Lipinski definition) is 4. The first kappa shape index (κ1) is 16.5. The van der Waals surface area contributed by atoms with Gasteiger partial charge in [-0.2, -0.15) is 0 Å². The van der Waals surface area contributed by atoms with Crippen LogP contribution < -0.4 is 21.9 Å². The second kappa shape index (κ2) is 5.21. The predicted octanol–water partition coefficient (Wildman–Crippen LogP) is 2.43. The number of nitrogens with two attached hydrogens (primary N) is 2. The van der Waals surface area contributed by atoms with E-state index in [1.165, 1.54) is 6.07 Å². The van der Waals surface area contributed by atoms with E-state index in [0.717, 1.165) is 36.9 Å². The van der Waals surface area contributed by atoms with E-state index in [2.05, 4.69) is 0 Å². The highest BCUT2D eigenvalue weighted by atomic mass is 35.5. The van der Waals surface area contributed by atoms with Gasteiger partial charge in [-0.05, 0) is 49.3 Å². The van der Waals surface area contributed by atoms with Gasteiger partial charge < -0.3 is 20.9 Å². The van der Waals surface area contributed by atoms with E-state index < -0.39 is 0 Å². The molecule has 1 aromatic carbocycles. The molecule has 2 aliphatic carbocycles. The van der Waals surface area contributed by atoms with Crippen molar-refractivity contribution in [1.29, 1.82) is 0 Å². The van der Waals surface area contributed by atoms with Crippen molar-refractivity contribution < 1.29 is 4.39 Å². The summed E-state index contributed by atoms with van der Waals surface area (Å²) in [4.78, 5) is 14.9. The summed E-state index contributed by atoms with van der Waals surface area (Å²) in [6.07, 6.45) is 2.89. The highest BCUT2D eigenvalue weighted by Crippen LogP contribution is 2.50. The van der Waals surface area contributed by atoms with Crippen molar-refractivity contribution in [2.24, 2.45) is 17.4 Å². The molecule has 0 radical (unpaired) electrons. The van der Waals surface area contributed by atoms with Crippen LogP contribution in [-0.4, -0.2) is 23.2 Å². The fourth-order valence-electron chi connectivity index (χ4n) is 4.72. The Morgan fingerprint density at radius 2 is 2.15 bits per heavy atom. The molecule has 1 aliphatic heterocycles. The third kappa shape index (κ3) is 2.12. The fourth-order valence-corrected chi connectivity index (χ4v) is 4.99. The van der Waals surface area contributed by atoms with Crippen molar-refractivity contribution in [3.8, 4) is 0 Å². The number of halogens is 2. The van der Waals surface area contributed by atoms with Crippen LogP contribution in [0, 0.1) is 18.7 Å². The number of pyridine rings is 1. The highest BCUT2D eigenvalue weighted by molar-refractivity contribution is 6.32. The van der Waals surface area contributed by atoms with E-state index in [-0.39, 0.29) is 34.5 Å². The van der Waals surface area contributed by atoms with Crippen LogP contribution in [-0.2, 0) is 6.54 Å². The molecule has 5 nitrogen and oxygen atoms in total. The van der Waals surface area contributed by atoms with Gasteiger partial charge in [-0.25, -0.2) is 4.39 Å². The summed E-state index contributed by atoms with van der Waals surface area (Å²) in [6, 6.07) is 1.64. The Labute approximate surface area is 155 Å². The molecular weight excluding hydrogens is 355 g/mol. The third-order valence-electron chi connectivity index (χ3n) is 6.34. The lowest BCUT2D eigenvalue weighted by molar-refractivity contribution is 0.615. The van der Waals surface area contributed by atoms with Gasteiger partial charge in [-0.3, -0.25) is 4.79 Å². The maximum absolute atomic E-state index is 15.1. The summed E-state index contributed by atoms with van der Waals surface area (Å²) in [5.74, 6) is 0.138. The average molecular weight is 377 g/mol. The SMILES string of the molecule is Cc1c(N2CC3CC3(N)C2)c(F)cc2c(CN)c(Cl)c(=O)n(C3CC3)c12. The first-order chi connectivity index (χ1) is 12.4. The molecular formula is C19H22ClFN4O. The molecule has 0 spiro atoms. The van der Waals surface area contributed by atoms with Crippen LogP contribution in [0.2, 0.25) is 5.02 Å². The van der Waals surface area contributed by atoms with Gasteiger partial charge in [0.1, 0.15) is 10.8 Å². The summed E-state index contributed by atoms with van der Waals surface area (Å²) < 4.78 is 16.9. The van der Waals surface area contributed by atoms with Gasteiger partial charge >= 0.3 is 0 Å². The highest BCUT2D eigenvalue weighted by Gasteiger charge is 2.57. The molecule has 2 aromatic rings. The molecule has 2 atom stereocenters. The Kier molecular flexibility index (Phi) is 3.31. The molecule has 0 amide bonds. The maximum Gasteiger partial charge on any atom is 0.270 e. The number of fused-ring (bicyclic) bond motifs is 2. The summed E-state index contributed by atoms with van der Waals surface area (Å²) in [5.41, 5.74) is 14.4. The summed E-state index contributed by atoms with van der Waals surface area (Å²) in [7, 11) is 0. The molecule has 4 N–H and O–H groups in total. The number of nitrogens with zero attached hydrogens (tertiary/aromatic N) is 2. The number of rotatable bonds is 3. The molecule has 7 heteroatoms. The van der Waals surface area contributed by atoms with Crippen molar-refractivity contribution in [2.45, 2.75) is 44.3 Å². The van der Waals surface area contributed by atoms with Crippen molar-refractivity contribution in [3.05, 3.63) is 38.4 Å². The van der Waals surface area contributed by atoms with Gasteiger partial charge in [0.2, 0.25) is 0 Å². The van der Waals surface area contributed by atoms with Crippen LogP contribution in [0.25, 0.3) is 10.9 Å². The molecule has 2 heterocycles. The van der Waals surface area contributed by atoms with Gasteiger partial charge in [0.05, 0.1) is 11.2 Å². The van der Waals surface area contributed by atoms with Crippen LogP contribution in [0.5, 0.6) is 0 Å². The molecule has 138 valence electrons. The Bertz CT molecular complexity index is 1020. The van der Waals surface area contributed by atoms with Gasteiger partial charge in [-0.15, -0.1) is 0 Å². The second-order valence-corrected chi connectivity index (χ2v) is 8.52. The number of benzene rings is 1. The molecule has 1 saturated heterocycles. The molecule has 3 fully saturated rings. The maximum atomic E-state index is 15.1. The smallest absolute Gasteiger partial charge is 0.270 e. The van der Waals surface area contributed by atoms with Crippen molar-refractivity contribution in [1.82, 2.24) is 4.57 Å². The van der Waals surface area contributed by atoms with E-state index >= 15 is 4.39 Å². The largest absolute Gasteiger partial charge is 0.367 e. The molecule has 1 aromatic heterocycles. The second-order valence-electron chi connectivity index (χ2n) is 8.15. The lowest BCUT2D eigenvalue weighted by atomic mass is 10.0. The van der Waals surface area contributed by atoms with Crippen molar-refractivity contribution >= 4 is 28.2 Å². The quantitative estimate of drug-likeness (QED) is 0.862. The molecule has 5 rings (SSSR count). The molecule has 2 unspecified atom stereocenters. The van der Waals surface area contributed by atoms with Crippen LogP contribution in [0.4, 0.5) is 10.1 Å². The van der Waals surface area contributed by atoms with E-state index in [9.17, 15) is 4.79 Å². The van der Waals surface area contributed by atoms with Crippen LogP contribution in [0.1, 0.15) is 36.4 Å². The number of hydrogen-bond donors (Lipinski definition) is 2.